The molecule has 0 fully saturated rings. The number of carboxylic acid groups (broad SMARTS) is 1. The highest BCUT2D eigenvalue weighted by atomic mass is 16.5. The van der Waals surface area contributed by atoms with Crippen LogP contribution in [0.15, 0.2) is 111 Å². The van der Waals surface area contributed by atoms with Crippen molar-refractivity contribution in [3.05, 3.63) is 136 Å². The minimum Gasteiger partial charge on any atom is -0.468 e. The van der Waals surface area contributed by atoms with Crippen molar-refractivity contribution in [2.45, 2.75) is 141 Å². The smallest absolute Gasteiger partial charge is 0.405 e. The lowest BCUT2D eigenvalue weighted by atomic mass is 9.80. The number of aromatic amines is 2. The zero-order chi connectivity index (χ0) is 69.4. The number of aromatic nitrogens is 2. The standard InChI is InChI=1S/C38H42N4O7.C38H44N4O5/c1-8-23-17(3)26-14-30-31(20(6)43)19(5)28(41-30)13-27-18(4)24(10-9-22(44)15-39-38(47)48)35(42-27)33-25-11-21(12-29(23)40-26)16(2)32(25)36(45)34(33)37(46)49-7;1-8-24-18(3)27-15-31-32(21(6)43)20(5)29(41-31)14-28-19(4)25(11-9-10-23(44)16-39)36(42-28)34-26-12-22(13-30(24)40-27)17(2)33(26)37(45)35(34)38(46)47-7/h12-14,17-18,23-24,34,39,41H,8-11,15H2,1-7H3,(H,47,48);13-15,18-19,24-25,35,41H,8-12,16,39H2,1-7H3/p+1/t17-,18+,23-,24+,34?;18-,19+,24-,25+,35?/m11/s1. The monoisotopic (exact) mass is 1300 g/mol. The van der Waals surface area contributed by atoms with Crippen LogP contribution >= 0.6 is 0 Å². The molecule has 20 heteroatoms. The lowest BCUT2D eigenvalue weighted by molar-refractivity contribution is -0.354. The first-order chi connectivity index (χ1) is 45.7. The molecule has 10 atom stereocenters. The molecule has 16 bridgehead atoms. The summed E-state index contributed by atoms with van der Waals surface area (Å²) in [5.74, 6) is -4.62. The van der Waals surface area contributed by atoms with Crippen LogP contribution in [0.1, 0.15) is 182 Å². The number of carbonyl (C=O) groups excluding carboxylic acids is 8. The van der Waals surface area contributed by atoms with E-state index in [9.17, 15) is 43.2 Å². The Hall–Kier alpha value is -9.17. The Morgan fingerprint density at radius 1 is 0.562 bits per heavy atom. The normalized spacial score (nSPS) is 25.9. The quantitative estimate of drug-likeness (QED) is 0.0595. The van der Waals surface area contributed by atoms with Gasteiger partial charge in [0.25, 0.3) is 0 Å². The van der Waals surface area contributed by atoms with Gasteiger partial charge in [0.05, 0.1) is 32.2 Å². The maximum Gasteiger partial charge on any atom is 0.405 e. The first-order valence-corrected chi connectivity index (χ1v) is 33.7. The highest BCUT2D eigenvalue weighted by molar-refractivity contribution is 6.28. The number of hydrogen-bond acceptors (Lipinski definition) is 15. The van der Waals surface area contributed by atoms with Crippen LogP contribution < -0.4 is 11.1 Å². The number of esters is 2. The van der Waals surface area contributed by atoms with E-state index in [1.165, 1.54) is 14.2 Å². The molecular formula is C76H87N8O12+. The number of H-pyrrole nitrogens is 2. The first-order valence-electron chi connectivity index (χ1n) is 33.7. The maximum absolute atomic E-state index is 14.2. The second kappa shape index (κ2) is 26.8. The molecule has 0 saturated carbocycles. The van der Waals surface area contributed by atoms with Gasteiger partial charge < -0.3 is 35.6 Å². The fourth-order valence-electron chi connectivity index (χ4n) is 16.6. The highest BCUT2D eigenvalue weighted by Gasteiger charge is 2.53. The van der Waals surface area contributed by atoms with Gasteiger partial charge in [-0.25, -0.2) is 4.79 Å². The highest BCUT2D eigenvalue weighted by Crippen LogP contribution is 2.54. The van der Waals surface area contributed by atoms with Crippen molar-refractivity contribution in [2.24, 2.45) is 79.1 Å². The summed E-state index contributed by atoms with van der Waals surface area (Å²) in [5.41, 5.74) is 23.4. The molecule has 6 aliphatic heterocycles. The topological polar surface area (TPSA) is 313 Å². The van der Waals surface area contributed by atoms with E-state index in [1.807, 2.05) is 58.9 Å². The van der Waals surface area contributed by atoms with E-state index in [-0.39, 0.29) is 102 Å². The van der Waals surface area contributed by atoms with E-state index < -0.39 is 29.9 Å². The molecule has 0 spiro atoms. The molecule has 2 unspecified atom stereocenters. The number of fused-ring (bicyclic) bond motifs is 12. The number of quaternary nitrogens is 1. The predicted molar refractivity (Wildman–Crippen MR) is 367 cm³/mol. The van der Waals surface area contributed by atoms with Gasteiger partial charge >= 0.3 is 18.0 Å². The molecule has 4 aliphatic carbocycles. The van der Waals surface area contributed by atoms with E-state index >= 15 is 0 Å². The average Bonchev–Trinajstić information content (AvgIpc) is 1.57. The van der Waals surface area contributed by atoms with Crippen molar-refractivity contribution in [3.8, 4) is 0 Å². The lowest BCUT2D eigenvalue weighted by Crippen LogP contribution is -2.54. The fraction of sp³-hybridized carbons (Fsp3) is 0.461. The van der Waals surface area contributed by atoms with Crippen molar-refractivity contribution < 1.29 is 63.5 Å². The Bertz CT molecular complexity index is 4330. The van der Waals surface area contributed by atoms with Gasteiger partial charge in [0, 0.05) is 151 Å². The number of carbonyl (C=O) groups is 9. The third-order valence-corrected chi connectivity index (χ3v) is 21.9. The van der Waals surface area contributed by atoms with Crippen LogP contribution in [-0.2, 0) is 38.2 Å². The number of methoxy groups -OCH3 is 2. The van der Waals surface area contributed by atoms with Gasteiger partial charge in [0.1, 0.15) is 18.4 Å². The SMILES string of the molecule is CC[C@H]1C2=NC(=Cc3[nH]c(c(C)c3C(C)=O)C=C3N=C(C4=C5CC(=C2)C(C)=C5C(=O)C4C(=O)OC)[C@@H](CCC(=O)CNC(=O)O)[C@@H]3C)[C@@H]1C.CC[C@H]1C2=NC(=Cc3[nH]c(c(C)c3C(C)=O)C=C3N=C(C4=C5CC(=C2)C(C)=C5C(=O)C4C(=O)OC)[C@@H](CCCC(=O)C[NH3+])[C@@H]3C)[C@@H]1C. The molecule has 0 radical (unpaired) electrons. The Kier molecular flexibility index (Phi) is 19.0. The number of ketones is 6. The van der Waals surface area contributed by atoms with Crippen LogP contribution in [0.2, 0.25) is 0 Å². The number of ether oxygens (including phenoxy) is 2. The van der Waals surface area contributed by atoms with E-state index in [2.05, 4.69) is 67.8 Å². The molecule has 12 rings (SSSR count). The van der Waals surface area contributed by atoms with Gasteiger partial charge in [-0.15, -0.1) is 0 Å². The lowest BCUT2D eigenvalue weighted by Gasteiger charge is -2.22. The average molecular weight is 1300 g/mol. The van der Waals surface area contributed by atoms with Crippen LogP contribution in [0, 0.1) is 73.0 Å². The predicted octanol–water partition coefficient (Wildman–Crippen LogP) is 11.3. The number of rotatable bonds is 16. The molecule has 0 aromatic carbocycles. The zero-order valence-electron chi connectivity index (χ0n) is 57.4. The van der Waals surface area contributed by atoms with Crippen molar-refractivity contribution in [1.82, 2.24) is 15.3 Å². The van der Waals surface area contributed by atoms with Crippen molar-refractivity contribution in [2.75, 3.05) is 27.3 Å². The number of allylic oxidation sites excluding steroid dienone is 14. The molecule has 10 aliphatic rings. The molecule has 502 valence electrons. The van der Waals surface area contributed by atoms with Crippen LogP contribution in [-0.4, -0.2) is 118 Å². The molecule has 2 aromatic rings. The molecule has 20 nitrogen and oxygen atoms in total. The molecule has 7 N–H and O–H groups in total. The number of Topliss-reactive ketones (excluding diaryl/α,β-unsaturated/α-hetero) is 6. The van der Waals surface area contributed by atoms with Gasteiger partial charge in [-0.05, 0) is 168 Å². The zero-order valence-corrected chi connectivity index (χ0v) is 57.4. The van der Waals surface area contributed by atoms with E-state index in [0.29, 0.717) is 94.7 Å². The summed E-state index contributed by atoms with van der Waals surface area (Å²) in [7, 11) is 2.58. The molecule has 8 heterocycles. The summed E-state index contributed by atoms with van der Waals surface area (Å²) < 4.78 is 10.4. The van der Waals surface area contributed by atoms with Gasteiger partial charge in [0.2, 0.25) is 0 Å². The first kappa shape index (κ1) is 68.2. The Morgan fingerprint density at radius 3 is 1.34 bits per heavy atom. The fourth-order valence-corrected chi connectivity index (χ4v) is 16.6. The van der Waals surface area contributed by atoms with Crippen LogP contribution in [0.4, 0.5) is 4.79 Å². The third kappa shape index (κ3) is 11.8. The molecule has 1 amide bonds. The second-order valence-corrected chi connectivity index (χ2v) is 27.3. The minimum absolute atomic E-state index is 0.0308. The van der Waals surface area contributed by atoms with Gasteiger partial charge in [-0.1, -0.05) is 41.5 Å². The van der Waals surface area contributed by atoms with Crippen LogP contribution in [0.25, 0.3) is 24.3 Å². The maximum atomic E-state index is 14.2. The Labute approximate surface area is 559 Å². The number of nitrogens with one attached hydrogen (secondary N) is 3. The largest absolute Gasteiger partial charge is 0.468 e. The van der Waals surface area contributed by atoms with E-state index in [0.717, 1.165) is 103 Å². The van der Waals surface area contributed by atoms with E-state index in [1.54, 1.807) is 13.8 Å². The van der Waals surface area contributed by atoms with E-state index in [4.69, 9.17) is 34.5 Å². The summed E-state index contributed by atoms with van der Waals surface area (Å²) in [5, 5.41) is 11.1. The number of nitrogens with zero attached hydrogens (tertiary/aromatic N) is 4. The summed E-state index contributed by atoms with van der Waals surface area (Å²) >= 11 is 0. The Balaban J connectivity index is 0.000000195. The third-order valence-electron chi connectivity index (χ3n) is 21.9. The minimum atomic E-state index is -1.28. The van der Waals surface area contributed by atoms with Crippen molar-refractivity contribution >= 4 is 99.9 Å². The number of hydrogen-bond donors (Lipinski definition) is 5. The summed E-state index contributed by atoms with van der Waals surface area (Å²) in [4.78, 5) is 145. The van der Waals surface area contributed by atoms with Gasteiger partial charge in [-0.2, -0.15) is 0 Å². The number of aliphatic imine (C=N–C) groups is 4. The van der Waals surface area contributed by atoms with Crippen molar-refractivity contribution in [1.29, 1.82) is 0 Å². The number of amides is 1. The Morgan fingerprint density at radius 2 is 0.958 bits per heavy atom. The molecule has 0 saturated heterocycles. The summed E-state index contributed by atoms with van der Waals surface area (Å²) in [6, 6.07) is 0. The second-order valence-electron chi connectivity index (χ2n) is 27.3. The summed E-state index contributed by atoms with van der Waals surface area (Å²) in [6.45, 7) is 23.5. The van der Waals surface area contributed by atoms with Gasteiger partial charge in [-0.3, -0.25) is 58.3 Å². The summed E-state index contributed by atoms with van der Waals surface area (Å²) in [6.07, 6.45) is 15.6. The molecular weight excluding hydrogens is 1220 g/mol. The molecule has 2 aromatic heterocycles. The van der Waals surface area contributed by atoms with Crippen LogP contribution in [0.3, 0.4) is 0 Å². The van der Waals surface area contributed by atoms with Crippen molar-refractivity contribution in [3.63, 3.8) is 0 Å². The molecule has 96 heavy (non-hydrogen) atoms. The van der Waals surface area contributed by atoms with Crippen LogP contribution in [0.5, 0.6) is 0 Å². The van der Waals surface area contributed by atoms with Gasteiger partial charge in [0.15, 0.2) is 34.7 Å².